The van der Waals surface area contributed by atoms with Crippen LogP contribution in [0.25, 0.3) is 27.5 Å². The van der Waals surface area contributed by atoms with Gasteiger partial charge >= 0.3 is 0 Å². The third-order valence-corrected chi connectivity index (χ3v) is 9.45. The molecule has 0 unspecified atom stereocenters. The van der Waals surface area contributed by atoms with E-state index < -0.39 is 5.82 Å². The number of anilines is 1. The number of nitrogens with zero attached hydrogens (tertiary/aromatic N) is 4. The fraction of sp³-hybridized carbons (Fsp3) is 0.293. The Kier molecular flexibility index (Phi) is 12.0. The molecule has 11 heteroatoms. The number of carbonyl (C=O) groups is 1. The zero-order chi connectivity index (χ0) is 36.6. The number of H-pyrrole nitrogens is 1. The van der Waals surface area contributed by atoms with Gasteiger partial charge in [-0.25, -0.2) is 14.4 Å². The van der Waals surface area contributed by atoms with Crippen LogP contribution in [0.3, 0.4) is 0 Å². The number of fused-ring (bicyclic) bond motifs is 2. The summed E-state index contributed by atoms with van der Waals surface area (Å²) in [7, 11) is 2.01. The first-order valence-corrected chi connectivity index (χ1v) is 17.8. The molecular formula is C41H44ClFN6O3. The van der Waals surface area contributed by atoms with Crippen LogP contribution in [0.5, 0.6) is 5.88 Å². The topological polar surface area (TPSA) is 97.3 Å². The van der Waals surface area contributed by atoms with Gasteiger partial charge in [-0.15, -0.1) is 0 Å². The van der Waals surface area contributed by atoms with Gasteiger partial charge in [-0.1, -0.05) is 41.4 Å². The Morgan fingerprint density at radius 3 is 2.56 bits per heavy atom. The SMILES string of the molecule is C1COC1.Cc1cc(C)c2[nH]cc(C)c2c1.Cn1c(CN2CC=C(c3cccc(OCc4ccc(Cl)cc4F)n3)CC2)nc2cc(NC=O)ccc21. The Hall–Kier alpha value is -5.03. The molecule has 0 aliphatic carbocycles. The molecule has 5 heterocycles. The predicted octanol–water partition coefficient (Wildman–Crippen LogP) is 8.70. The molecule has 1 amide bonds. The van der Waals surface area contributed by atoms with Crippen molar-refractivity contribution in [1.29, 1.82) is 0 Å². The van der Waals surface area contributed by atoms with Crippen molar-refractivity contribution >= 4 is 51.2 Å². The van der Waals surface area contributed by atoms with E-state index in [1.54, 1.807) is 18.2 Å². The van der Waals surface area contributed by atoms with Crippen LogP contribution in [0.15, 0.2) is 79.0 Å². The van der Waals surface area contributed by atoms with Gasteiger partial charge in [0, 0.05) is 72.8 Å². The van der Waals surface area contributed by atoms with E-state index in [0.717, 1.165) is 66.5 Å². The minimum absolute atomic E-state index is 0.0804. The van der Waals surface area contributed by atoms with E-state index in [1.165, 1.54) is 40.1 Å². The Balaban J connectivity index is 0.000000237. The molecule has 0 spiro atoms. The van der Waals surface area contributed by atoms with Crippen molar-refractivity contribution in [2.45, 2.75) is 46.8 Å². The smallest absolute Gasteiger partial charge is 0.214 e. The summed E-state index contributed by atoms with van der Waals surface area (Å²) < 4.78 is 26.6. The maximum Gasteiger partial charge on any atom is 0.214 e. The Bertz CT molecular complexity index is 2200. The second-order valence-corrected chi connectivity index (χ2v) is 13.5. The van der Waals surface area contributed by atoms with Crippen molar-refractivity contribution in [3.8, 4) is 5.88 Å². The summed E-state index contributed by atoms with van der Waals surface area (Å²) in [5.74, 6) is 1.02. The van der Waals surface area contributed by atoms with E-state index in [-0.39, 0.29) is 6.61 Å². The van der Waals surface area contributed by atoms with Crippen LogP contribution in [0, 0.1) is 26.6 Å². The summed E-state index contributed by atoms with van der Waals surface area (Å²) in [5.41, 5.74) is 10.3. The first-order chi connectivity index (χ1) is 25.2. The first-order valence-electron chi connectivity index (χ1n) is 17.4. The van der Waals surface area contributed by atoms with Crippen LogP contribution in [-0.4, -0.2) is 57.1 Å². The highest BCUT2D eigenvalue weighted by Gasteiger charge is 2.18. The van der Waals surface area contributed by atoms with Gasteiger partial charge in [-0.05, 0) is 92.8 Å². The van der Waals surface area contributed by atoms with Crippen LogP contribution in [0.2, 0.25) is 5.02 Å². The van der Waals surface area contributed by atoms with Gasteiger partial charge in [0.05, 0.1) is 23.3 Å². The van der Waals surface area contributed by atoms with Crippen LogP contribution < -0.4 is 10.1 Å². The van der Waals surface area contributed by atoms with Crippen LogP contribution in [-0.2, 0) is 29.7 Å². The van der Waals surface area contributed by atoms with E-state index in [2.05, 4.69) is 69.9 Å². The Morgan fingerprint density at radius 2 is 1.85 bits per heavy atom. The summed E-state index contributed by atoms with van der Waals surface area (Å²) in [6.45, 7) is 10.9. The van der Waals surface area contributed by atoms with Crippen molar-refractivity contribution < 1.29 is 18.7 Å². The monoisotopic (exact) mass is 722 g/mol. The van der Waals surface area contributed by atoms with Gasteiger partial charge in [0.15, 0.2) is 0 Å². The average molecular weight is 723 g/mol. The third kappa shape index (κ3) is 9.06. The van der Waals surface area contributed by atoms with E-state index >= 15 is 0 Å². The number of ether oxygens (including phenoxy) is 2. The summed E-state index contributed by atoms with van der Waals surface area (Å²) >= 11 is 5.82. The number of benzene rings is 3. The standard InChI is InChI=1S/C27H25ClFN5O2.C11H13N.C3H6O/c1-33-25-8-7-21(30-17-35)14-24(25)31-26(33)15-34-11-9-18(10-12-34)23-3-2-4-27(32-23)36-16-19-5-6-20(28)13-22(19)29;1-7-4-8(2)11-10(5-7)9(3)6-12-11;1-2-4-3-1/h2-9,13-14,17H,10-12,15-16H2,1H3,(H,30,35);4-6,12H,1-3H3;1-3H2. The lowest BCUT2D eigenvalue weighted by molar-refractivity contribution is -0.105. The lowest BCUT2D eigenvalue weighted by Crippen LogP contribution is -2.29. The molecule has 2 N–H and O–H groups in total. The van der Waals surface area contributed by atoms with Crippen molar-refractivity contribution in [2.75, 3.05) is 31.6 Å². The number of amides is 1. The maximum atomic E-state index is 14.0. The van der Waals surface area contributed by atoms with Crippen LogP contribution in [0.1, 0.15) is 46.6 Å². The van der Waals surface area contributed by atoms with Gasteiger partial charge in [-0.3, -0.25) is 9.69 Å². The van der Waals surface area contributed by atoms with E-state index in [0.29, 0.717) is 29.4 Å². The fourth-order valence-electron chi connectivity index (χ4n) is 6.17. The molecule has 52 heavy (non-hydrogen) atoms. The molecule has 1 fully saturated rings. The van der Waals surface area contributed by atoms with E-state index in [1.807, 2.05) is 37.4 Å². The number of nitrogens with one attached hydrogen (secondary N) is 2. The van der Waals surface area contributed by atoms with Crippen LogP contribution in [0.4, 0.5) is 10.1 Å². The predicted molar refractivity (Wildman–Crippen MR) is 206 cm³/mol. The number of rotatable bonds is 8. The van der Waals surface area contributed by atoms with Crippen molar-refractivity contribution in [2.24, 2.45) is 7.05 Å². The second-order valence-electron chi connectivity index (χ2n) is 13.1. The second kappa shape index (κ2) is 17.0. The minimum atomic E-state index is -0.396. The molecule has 6 aromatic rings. The summed E-state index contributed by atoms with van der Waals surface area (Å²) in [5, 5.41) is 4.38. The maximum absolute atomic E-state index is 14.0. The molecule has 3 aromatic heterocycles. The first kappa shape index (κ1) is 36.8. The minimum Gasteiger partial charge on any atom is -0.473 e. The zero-order valence-electron chi connectivity index (χ0n) is 30.0. The van der Waals surface area contributed by atoms with E-state index in [4.69, 9.17) is 26.1 Å². The van der Waals surface area contributed by atoms with Gasteiger partial charge in [0.25, 0.3) is 0 Å². The zero-order valence-corrected chi connectivity index (χ0v) is 30.8. The molecule has 0 radical (unpaired) electrons. The summed E-state index contributed by atoms with van der Waals surface area (Å²) in [6.07, 6.45) is 7.04. The normalized spacial score (nSPS) is 14.1. The quantitative estimate of drug-likeness (QED) is 0.153. The number of aryl methyl sites for hydroxylation is 4. The number of hydrogen-bond donors (Lipinski definition) is 2. The number of aromatic nitrogens is 4. The van der Waals surface area contributed by atoms with Gasteiger partial charge in [0.1, 0.15) is 18.2 Å². The molecule has 1 saturated heterocycles. The Morgan fingerprint density at radius 1 is 1.04 bits per heavy atom. The molecule has 8 rings (SSSR count). The number of halogens is 2. The molecule has 0 bridgehead atoms. The highest BCUT2D eigenvalue weighted by molar-refractivity contribution is 6.30. The number of hydrogen-bond acceptors (Lipinski definition) is 6. The lowest BCUT2D eigenvalue weighted by atomic mass is 10.0. The largest absolute Gasteiger partial charge is 0.473 e. The number of carbonyl (C=O) groups excluding carboxylic acids is 1. The Labute approximate surface area is 308 Å². The number of imidazole rings is 1. The van der Waals surface area contributed by atoms with Crippen molar-refractivity contribution in [3.05, 3.63) is 124 Å². The summed E-state index contributed by atoms with van der Waals surface area (Å²) in [4.78, 5) is 25.7. The van der Waals surface area contributed by atoms with Crippen LogP contribution >= 0.6 is 11.6 Å². The molecule has 2 aliphatic rings. The number of pyridine rings is 1. The highest BCUT2D eigenvalue weighted by atomic mass is 35.5. The molecule has 0 saturated carbocycles. The van der Waals surface area contributed by atoms with Gasteiger partial charge in [-0.2, -0.15) is 0 Å². The van der Waals surface area contributed by atoms with E-state index in [9.17, 15) is 9.18 Å². The average Bonchev–Trinajstić information content (AvgIpc) is 3.62. The molecule has 2 aliphatic heterocycles. The van der Waals surface area contributed by atoms with Gasteiger partial charge in [0.2, 0.25) is 12.3 Å². The molecular weight excluding hydrogens is 679 g/mol. The fourth-order valence-corrected chi connectivity index (χ4v) is 6.33. The van der Waals surface area contributed by atoms with Crippen molar-refractivity contribution in [1.82, 2.24) is 24.4 Å². The highest BCUT2D eigenvalue weighted by Crippen LogP contribution is 2.26. The third-order valence-electron chi connectivity index (χ3n) is 9.22. The van der Waals surface area contributed by atoms with Gasteiger partial charge < -0.3 is 24.3 Å². The molecule has 270 valence electrons. The molecule has 0 atom stereocenters. The molecule has 3 aromatic carbocycles. The lowest BCUT2D eigenvalue weighted by Gasteiger charge is -2.25. The molecule has 9 nitrogen and oxygen atoms in total. The summed E-state index contributed by atoms with van der Waals surface area (Å²) in [6, 6.07) is 20.3. The number of aromatic amines is 1. The van der Waals surface area contributed by atoms with Crippen molar-refractivity contribution in [3.63, 3.8) is 0 Å².